The largest absolute Gasteiger partial charge is 0.478 e. The predicted molar refractivity (Wildman–Crippen MR) is 83.9 cm³/mol. The van der Waals surface area contributed by atoms with Crippen LogP contribution in [0, 0.1) is 0 Å². The summed E-state index contributed by atoms with van der Waals surface area (Å²) in [5, 5.41) is 12.1. The van der Waals surface area contributed by atoms with E-state index in [1.54, 1.807) is 7.11 Å². The number of benzene rings is 1. The van der Waals surface area contributed by atoms with Crippen LogP contribution >= 0.6 is 0 Å². The van der Waals surface area contributed by atoms with E-state index in [2.05, 4.69) is 5.32 Å². The Kier molecular flexibility index (Phi) is 6.79. The van der Waals surface area contributed by atoms with Gasteiger partial charge in [-0.15, -0.1) is 0 Å². The highest BCUT2D eigenvalue weighted by Gasteiger charge is 2.23. The quantitative estimate of drug-likeness (QED) is 0.666. The van der Waals surface area contributed by atoms with Crippen LogP contribution in [0.1, 0.15) is 23.2 Å². The molecule has 7 nitrogen and oxygen atoms in total. The lowest BCUT2D eigenvalue weighted by atomic mass is 10.2. The number of carbonyl (C=O) groups is 1. The summed E-state index contributed by atoms with van der Waals surface area (Å²) in [5.41, 5.74) is 0.335. The second-order valence-electron chi connectivity index (χ2n) is 4.93. The molecule has 0 aliphatic heterocycles. The number of anilines is 1. The predicted octanol–water partition coefficient (Wildman–Crippen LogP) is 1.47. The minimum absolute atomic E-state index is 0.0378. The Morgan fingerprint density at radius 1 is 1.32 bits per heavy atom. The Hall–Kier alpha value is -1.64. The molecule has 124 valence electrons. The molecule has 0 heterocycles. The van der Waals surface area contributed by atoms with Gasteiger partial charge in [0.25, 0.3) is 0 Å². The van der Waals surface area contributed by atoms with Crippen molar-refractivity contribution in [2.75, 3.05) is 39.7 Å². The van der Waals surface area contributed by atoms with Crippen molar-refractivity contribution in [1.82, 2.24) is 4.31 Å². The van der Waals surface area contributed by atoms with Gasteiger partial charge in [0.05, 0.1) is 11.3 Å². The molecule has 0 aliphatic carbocycles. The number of nitrogens with zero attached hydrogens (tertiary/aromatic N) is 1. The molecule has 0 saturated heterocycles. The van der Waals surface area contributed by atoms with Crippen LogP contribution in [0.3, 0.4) is 0 Å². The van der Waals surface area contributed by atoms with Crippen LogP contribution < -0.4 is 5.32 Å². The SMILES string of the molecule is COCCCCNc1ccc(C(=O)O)cc1S(=O)(=O)N(C)C. The Morgan fingerprint density at radius 2 is 2.00 bits per heavy atom. The van der Waals surface area contributed by atoms with Crippen LogP contribution in [0.4, 0.5) is 5.69 Å². The van der Waals surface area contributed by atoms with E-state index in [1.165, 1.54) is 32.3 Å². The summed E-state index contributed by atoms with van der Waals surface area (Å²) in [7, 11) is 0.712. The molecule has 1 rings (SSSR count). The summed E-state index contributed by atoms with van der Waals surface area (Å²) in [6.45, 7) is 1.22. The maximum absolute atomic E-state index is 12.3. The molecule has 0 aromatic heterocycles. The third-order valence-corrected chi connectivity index (χ3v) is 4.93. The zero-order valence-electron chi connectivity index (χ0n) is 13.0. The molecule has 0 spiro atoms. The maximum Gasteiger partial charge on any atom is 0.335 e. The second kappa shape index (κ2) is 8.11. The van der Waals surface area contributed by atoms with E-state index in [0.29, 0.717) is 18.8 Å². The number of aromatic carboxylic acids is 1. The normalized spacial score (nSPS) is 11.6. The van der Waals surface area contributed by atoms with Crippen LogP contribution in [0.2, 0.25) is 0 Å². The molecule has 0 radical (unpaired) electrons. The van der Waals surface area contributed by atoms with Gasteiger partial charge < -0.3 is 15.2 Å². The monoisotopic (exact) mass is 330 g/mol. The first-order chi connectivity index (χ1) is 10.3. The molecular formula is C14H22N2O5S. The summed E-state index contributed by atoms with van der Waals surface area (Å²) in [6.07, 6.45) is 1.67. The Morgan fingerprint density at radius 3 is 2.55 bits per heavy atom. The van der Waals surface area contributed by atoms with Crippen molar-refractivity contribution in [3.8, 4) is 0 Å². The maximum atomic E-state index is 12.3. The molecule has 0 aliphatic rings. The van der Waals surface area contributed by atoms with Gasteiger partial charge in [-0.2, -0.15) is 0 Å². The molecule has 2 N–H and O–H groups in total. The number of hydrogen-bond acceptors (Lipinski definition) is 5. The number of unbranched alkanes of at least 4 members (excludes halogenated alkanes) is 1. The van der Waals surface area contributed by atoms with E-state index in [1.807, 2.05) is 0 Å². The highest BCUT2D eigenvalue weighted by molar-refractivity contribution is 7.89. The molecule has 0 amide bonds. The van der Waals surface area contributed by atoms with Crippen LogP contribution in [0.15, 0.2) is 23.1 Å². The number of ether oxygens (including phenoxy) is 1. The van der Waals surface area contributed by atoms with Crippen LogP contribution in [0.5, 0.6) is 0 Å². The molecule has 0 fully saturated rings. The van der Waals surface area contributed by atoms with Crippen molar-refractivity contribution in [2.45, 2.75) is 17.7 Å². The van der Waals surface area contributed by atoms with Gasteiger partial charge in [0.15, 0.2) is 0 Å². The number of carboxylic acids is 1. The highest BCUT2D eigenvalue weighted by Crippen LogP contribution is 2.25. The zero-order valence-corrected chi connectivity index (χ0v) is 13.8. The fourth-order valence-electron chi connectivity index (χ4n) is 1.81. The Labute approximate surface area is 130 Å². The van der Waals surface area contributed by atoms with E-state index >= 15 is 0 Å². The lowest BCUT2D eigenvalue weighted by Gasteiger charge is -2.17. The van der Waals surface area contributed by atoms with Gasteiger partial charge in [0.1, 0.15) is 4.90 Å². The van der Waals surface area contributed by atoms with E-state index in [9.17, 15) is 13.2 Å². The Bertz CT molecular complexity index is 614. The highest BCUT2D eigenvalue weighted by atomic mass is 32.2. The van der Waals surface area contributed by atoms with Crippen molar-refractivity contribution in [3.63, 3.8) is 0 Å². The van der Waals surface area contributed by atoms with Crippen molar-refractivity contribution >= 4 is 21.7 Å². The summed E-state index contributed by atoms with van der Waals surface area (Å²) in [6, 6.07) is 4.04. The van der Waals surface area contributed by atoms with E-state index < -0.39 is 16.0 Å². The number of nitrogens with one attached hydrogen (secondary N) is 1. The molecule has 22 heavy (non-hydrogen) atoms. The van der Waals surface area contributed by atoms with Gasteiger partial charge in [0, 0.05) is 34.4 Å². The molecule has 0 saturated carbocycles. The van der Waals surface area contributed by atoms with Gasteiger partial charge in [-0.3, -0.25) is 0 Å². The first kappa shape index (κ1) is 18.4. The van der Waals surface area contributed by atoms with Crippen LogP contribution in [-0.2, 0) is 14.8 Å². The molecular weight excluding hydrogens is 308 g/mol. The fourth-order valence-corrected chi connectivity index (χ4v) is 2.89. The lowest BCUT2D eigenvalue weighted by molar-refractivity contribution is 0.0696. The second-order valence-corrected chi connectivity index (χ2v) is 7.05. The first-order valence-corrected chi connectivity index (χ1v) is 8.27. The van der Waals surface area contributed by atoms with Gasteiger partial charge >= 0.3 is 5.97 Å². The zero-order chi connectivity index (χ0) is 16.8. The number of rotatable bonds is 9. The molecule has 0 unspecified atom stereocenters. The van der Waals surface area contributed by atoms with Gasteiger partial charge in [-0.1, -0.05) is 0 Å². The van der Waals surface area contributed by atoms with Gasteiger partial charge in [0.2, 0.25) is 10.0 Å². The lowest BCUT2D eigenvalue weighted by Crippen LogP contribution is -2.24. The van der Waals surface area contributed by atoms with E-state index in [-0.39, 0.29) is 10.5 Å². The molecule has 0 atom stereocenters. The van der Waals surface area contributed by atoms with Crippen molar-refractivity contribution in [1.29, 1.82) is 0 Å². The summed E-state index contributed by atoms with van der Waals surface area (Å²) < 4.78 is 30.7. The number of carboxylic acid groups (broad SMARTS) is 1. The summed E-state index contributed by atoms with van der Waals surface area (Å²) >= 11 is 0. The topological polar surface area (TPSA) is 95.9 Å². The summed E-state index contributed by atoms with van der Waals surface area (Å²) in [4.78, 5) is 11.0. The molecule has 1 aromatic rings. The van der Waals surface area contributed by atoms with E-state index in [4.69, 9.17) is 9.84 Å². The van der Waals surface area contributed by atoms with E-state index in [0.717, 1.165) is 17.1 Å². The smallest absolute Gasteiger partial charge is 0.335 e. The minimum Gasteiger partial charge on any atom is -0.478 e. The molecule has 1 aromatic carbocycles. The third kappa shape index (κ3) is 4.69. The number of hydrogen-bond donors (Lipinski definition) is 2. The van der Waals surface area contributed by atoms with Crippen LogP contribution in [0.25, 0.3) is 0 Å². The van der Waals surface area contributed by atoms with Gasteiger partial charge in [-0.25, -0.2) is 17.5 Å². The van der Waals surface area contributed by atoms with Crippen molar-refractivity contribution in [3.05, 3.63) is 23.8 Å². The minimum atomic E-state index is -3.73. The van der Waals surface area contributed by atoms with Gasteiger partial charge in [-0.05, 0) is 31.0 Å². The molecule has 8 heteroatoms. The Balaban J connectivity index is 3.03. The fraction of sp³-hybridized carbons (Fsp3) is 0.500. The van der Waals surface area contributed by atoms with Crippen molar-refractivity contribution in [2.24, 2.45) is 0 Å². The number of methoxy groups -OCH3 is 1. The average Bonchev–Trinajstić information content (AvgIpc) is 2.46. The first-order valence-electron chi connectivity index (χ1n) is 6.83. The number of sulfonamides is 1. The summed E-state index contributed by atoms with van der Waals surface area (Å²) in [5.74, 6) is -1.16. The standard InChI is InChI=1S/C14H22N2O5S/c1-16(2)22(19,20)13-10-11(14(17)18)6-7-12(13)15-8-4-5-9-21-3/h6-7,10,15H,4-5,8-9H2,1-3H3,(H,17,18). The van der Waals surface area contributed by atoms with Crippen molar-refractivity contribution < 1.29 is 23.1 Å². The average molecular weight is 330 g/mol. The molecule has 0 bridgehead atoms. The van der Waals surface area contributed by atoms with Crippen LogP contribution in [-0.4, -0.2) is 58.2 Å². The third-order valence-electron chi connectivity index (χ3n) is 3.08.